The van der Waals surface area contributed by atoms with Crippen molar-refractivity contribution < 1.29 is 13.9 Å². The third kappa shape index (κ3) is 3.99. The Hall–Kier alpha value is -1.73. The molecule has 0 bridgehead atoms. The van der Waals surface area contributed by atoms with Crippen molar-refractivity contribution in [3.8, 4) is 0 Å². The molecule has 0 saturated heterocycles. The molecule has 26 heavy (non-hydrogen) atoms. The largest absolute Gasteiger partial charge is 0.380 e. The van der Waals surface area contributed by atoms with Gasteiger partial charge in [-0.25, -0.2) is 4.39 Å². The summed E-state index contributed by atoms with van der Waals surface area (Å²) in [5, 5.41) is 0.654. The molecule has 0 N–H and O–H groups in total. The van der Waals surface area contributed by atoms with E-state index in [0.29, 0.717) is 39.8 Å². The molecule has 1 heterocycles. The standard InChI is InChI=1S/C18H15Cl2FN2O2S/c1-2-25-9-8-23-16-14(21)4-3-5-15(16)26-18(23)22-17(24)12-7-6-11(19)10-13(12)20/h3-7,10H,2,8-9H2,1H3. The van der Waals surface area contributed by atoms with Gasteiger partial charge in [-0.2, -0.15) is 4.99 Å². The van der Waals surface area contributed by atoms with Gasteiger partial charge < -0.3 is 9.30 Å². The Balaban J connectivity index is 2.10. The highest BCUT2D eigenvalue weighted by molar-refractivity contribution is 7.16. The molecule has 1 aromatic heterocycles. The summed E-state index contributed by atoms with van der Waals surface area (Å²) >= 11 is 13.2. The molecule has 0 aliphatic rings. The van der Waals surface area contributed by atoms with Gasteiger partial charge in [0.1, 0.15) is 5.82 Å². The number of fused-ring (bicyclic) bond motifs is 1. The highest BCUT2D eigenvalue weighted by atomic mass is 35.5. The number of para-hydroxylation sites is 1. The van der Waals surface area contributed by atoms with E-state index in [2.05, 4.69) is 4.99 Å². The number of hydrogen-bond donors (Lipinski definition) is 0. The quantitative estimate of drug-likeness (QED) is 0.557. The van der Waals surface area contributed by atoms with Gasteiger partial charge in [-0.3, -0.25) is 4.79 Å². The van der Waals surface area contributed by atoms with E-state index in [1.165, 1.54) is 29.5 Å². The van der Waals surface area contributed by atoms with E-state index in [4.69, 9.17) is 27.9 Å². The van der Waals surface area contributed by atoms with Gasteiger partial charge in [-0.1, -0.05) is 40.6 Å². The van der Waals surface area contributed by atoms with Crippen LogP contribution in [0.1, 0.15) is 17.3 Å². The highest BCUT2D eigenvalue weighted by Crippen LogP contribution is 2.23. The molecule has 0 aliphatic carbocycles. The summed E-state index contributed by atoms with van der Waals surface area (Å²) in [6.07, 6.45) is 0. The van der Waals surface area contributed by atoms with E-state index >= 15 is 0 Å². The maximum absolute atomic E-state index is 14.3. The minimum atomic E-state index is -0.510. The zero-order valence-corrected chi connectivity index (χ0v) is 16.2. The molecule has 3 aromatic rings. The fraction of sp³-hybridized carbons (Fsp3) is 0.222. The van der Waals surface area contributed by atoms with Crippen LogP contribution < -0.4 is 4.80 Å². The summed E-state index contributed by atoms with van der Waals surface area (Å²) in [6, 6.07) is 9.38. The van der Waals surface area contributed by atoms with E-state index in [1.807, 2.05) is 6.92 Å². The van der Waals surface area contributed by atoms with Gasteiger partial charge in [0.05, 0.1) is 27.4 Å². The first-order chi connectivity index (χ1) is 12.5. The number of halogens is 3. The number of rotatable bonds is 5. The lowest BCUT2D eigenvalue weighted by Crippen LogP contribution is -2.20. The van der Waals surface area contributed by atoms with Crippen molar-refractivity contribution in [3.63, 3.8) is 0 Å². The molecule has 0 radical (unpaired) electrons. The molecule has 0 unspecified atom stereocenters. The van der Waals surface area contributed by atoms with Crippen LogP contribution in [-0.4, -0.2) is 23.7 Å². The van der Waals surface area contributed by atoms with Crippen molar-refractivity contribution in [2.45, 2.75) is 13.5 Å². The Morgan fingerprint density at radius 1 is 1.31 bits per heavy atom. The first kappa shape index (κ1) is 19.0. The number of carbonyl (C=O) groups is 1. The van der Waals surface area contributed by atoms with Crippen LogP contribution in [0.5, 0.6) is 0 Å². The fourth-order valence-corrected chi connectivity index (χ4v) is 4.05. The lowest BCUT2D eigenvalue weighted by Gasteiger charge is -2.06. The highest BCUT2D eigenvalue weighted by Gasteiger charge is 2.14. The fourth-order valence-electron chi connectivity index (χ4n) is 2.49. The maximum Gasteiger partial charge on any atom is 0.281 e. The van der Waals surface area contributed by atoms with Crippen LogP contribution in [0, 0.1) is 5.82 Å². The van der Waals surface area contributed by atoms with Crippen molar-refractivity contribution in [2.75, 3.05) is 13.2 Å². The molecule has 4 nitrogen and oxygen atoms in total. The molecule has 2 aromatic carbocycles. The monoisotopic (exact) mass is 412 g/mol. The summed E-state index contributed by atoms with van der Waals surface area (Å²) in [6.45, 7) is 3.21. The zero-order chi connectivity index (χ0) is 18.7. The second-order valence-electron chi connectivity index (χ2n) is 5.36. The average Bonchev–Trinajstić information content (AvgIpc) is 2.93. The molecular formula is C18H15Cl2FN2O2S. The average molecular weight is 413 g/mol. The molecule has 136 valence electrons. The van der Waals surface area contributed by atoms with E-state index in [-0.39, 0.29) is 16.4 Å². The van der Waals surface area contributed by atoms with Gasteiger partial charge in [-0.05, 0) is 37.3 Å². The zero-order valence-electron chi connectivity index (χ0n) is 13.8. The van der Waals surface area contributed by atoms with Crippen molar-refractivity contribution in [1.29, 1.82) is 0 Å². The minimum absolute atomic E-state index is 0.222. The molecule has 0 fully saturated rings. The Labute approximate surface area is 163 Å². The van der Waals surface area contributed by atoms with Crippen molar-refractivity contribution >= 4 is 50.7 Å². The van der Waals surface area contributed by atoms with E-state index in [1.54, 1.807) is 22.8 Å². The second kappa shape index (κ2) is 8.31. The summed E-state index contributed by atoms with van der Waals surface area (Å²) in [5.41, 5.74) is 0.649. The van der Waals surface area contributed by atoms with Gasteiger partial charge in [-0.15, -0.1) is 0 Å². The molecule has 0 atom stereocenters. The van der Waals surface area contributed by atoms with Crippen LogP contribution in [0.2, 0.25) is 10.0 Å². The van der Waals surface area contributed by atoms with Gasteiger partial charge in [0.2, 0.25) is 0 Å². The number of thiazole rings is 1. The van der Waals surface area contributed by atoms with Gasteiger partial charge in [0.25, 0.3) is 5.91 Å². The number of ether oxygens (including phenoxy) is 1. The Kier molecular flexibility index (Phi) is 6.09. The number of amides is 1. The van der Waals surface area contributed by atoms with Gasteiger partial charge in [0.15, 0.2) is 4.80 Å². The van der Waals surface area contributed by atoms with Crippen LogP contribution >= 0.6 is 34.5 Å². The van der Waals surface area contributed by atoms with Crippen molar-refractivity contribution in [1.82, 2.24) is 4.57 Å². The third-order valence-electron chi connectivity index (χ3n) is 3.67. The molecule has 1 amide bonds. The van der Waals surface area contributed by atoms with Crippen LogP contribution in [0.25, 0.3) is 10.2 Å². The van der Waals surface area contributed by atoms with Crippen LogP contribution in [0.4, 0.5) is 4.39 Å². The Bertz CT molecular complexity index is 1030. The predicted octanol–water partition coefficient (Wildman–Crippen LogP) is 4.93. The lowest BCUT2D eigenvalue weighted by molar-refractivity contribution is 0.0996. The SMILES string of the molecule is CCOCCn1c(=NC(=O)c2ccc(Cl)cc2Cl)sc2cccc(F)c21. The third-order valence-corrected chi connectivity index (χ3v) is 5.27. The van der Waals surface area contributed by atoms with Crippen molar-refractivity contribution in [3.05, 3.63) is 62.6 Å². The number of aromatic nitrogens is 1. The predicted molar refractivity (Wildman–Crippen MR) is 103 cm³/mol. The number of nitrogens with zero attached hydrogens (tertiary/aromatic N) is 2. The normalized spacial score (nSPS) is 12.1. The van der Waals surface area contributed by atoms with Crippen molar-refractivity contribution in [2.24, 2.45) is 4.99 Å². The van der Waals surface area contributed by atoms with Crippen LogP contribution in [-0.2, 0) is 11.3 Å². The van der Waals surface area contributed by atoms with Gasteiger partial charge >= 0.3 is 0 Å². The van der Waals surface area contributed by atoms with E-state index in [0.717, 1.165) is 0 Å². The summed E-state index contributed by atoms with van der Waals surface area (Å²) in [4.78, 5) is 17.1. The molecule has 3 rings (SSSR count). The Morgan fingerprint density at radius 2 is 2.12 bits per heavy atom. The lowest BCUT2D eigenvalue weighted by atomic mass is 10.2. The van der Waals surface area contributed by atoms with E-state index < -0.39 is 5.91 Å². The van der Waals surface area contributed by atoms with Crippen LogP contribution in [0.15, 0.2) is 41.4 Å². The summed E-state index contributed by atoms with van der Waals surface area (Å²) in [5.74, 6) is -0.877. The number of carbonyl (C=O) groups excluding carboxylic acids is 1. The first-order valence-corrected chi connectivity index (χ1v) is 9.48. The van der Waals surface area contributed by atoms with E-state index in [9.17, 15) is 9.18 Å². The smallest absolute Gasteiger partial charge is 0.281 e. The molecular weight excluding hydrogens is 398 g/mol. The topological polar surface area (TPSA) is 43.6 Å². The number of hydrogen-bond acceptors (Lipinski definition) is 3. The number of benzene rings is 2. The Morgan fingerprint density at radius 3 is 2.85 bits per heavy atom. The first-order valence-electron chi connectivity index (χ1n) is 7.91. The maximum atomic E-state index is 14.3. The molecule has 0 aliphatic heterocycles. The minimum Gasteiger partial charge on any atom is -0.380 e. The molecule has 0 saturated carbocycles. The molecule has 8 heteroatoms. The van der Waals surface area contributed by atoms with Gasteiger partial charge in [0, 0.05) is 18.2 Å². The van der Waals surface area contributed by atoms with Crippen LogP contribution in [0.3, 0.4) is 0 Å². The summed E-state index contributed by atoms with van der Waals surface area (Å²) < 4.78 is 22.1. The second-order valence-corrected chi connectivity index (χ2v) is 7.21. The molecule has 0 spiro atoms. The summed E-state index contributed by atoms with van der Waals surface area (Å²) in [7, 11) is 0.